The number of ether oxygens (including phenoxy) is 2. The SMILES string of the molecule is COc1ccc(-c2ccnc3cc(C(=O)NC4CCN(CC(O)CO)CC4)nn23)cc1OC. The maximum absolute atomic E-state index is 12.9. The van der Waals surface area contributed by atoms with Crippen LogP contribution in [0.4, 0.5) is 0 Å². The Morgan fingerprint density at radius 3 is 2.64 bits per heavy atom. The molecule has 1 amide bonds. The van der Waals surface area contributed by atoms with Gasteiger partial charge in [0.15, 0.2) is 22.8 Å². The van der Waals surface area contributed by atoms with Crippen molar-refractivity contribution in [3.8, 4) is 22.8 Å². The molecule has 1 saturated heterocycles. The molecule has 0 bridgehead atoms. The van der Waals surface area contributed by atoms with Crippen molar-refractivity contribution in [2.75, 3.05) is 40.5 Å². The molecule has 1 fully saturated rings. The first kappa shape index (κ1) is 23.0. The Labute approximate surface area is 191 Å². The Morgan fingerprint density at radius 1 is 1.18 bits per heavy atom. The first-order chi connectivity index (χ1) is 16.0. The average molecular weight is 456 g/mol. The summed E-state index contributed by atoms with van der Waals surface area (Å²) in [5.74, 6) is 0.986. The Hall–Kier alpha value is -3.21. The highest BCUT2D eigenvalue weighted by atomic mass is 16.5. The second-order valence-electron chi connectivity index (χ2n) is 8.08. The predicted molar refractivity (Wildman–Crippen MR) is 122 cm³/mol. The van der Waals surface area contributed by atoms with E-state index >= 15 is 0 Å². The van der Waals surface area contributed by atoms with E-state index in [1.807, 2.05) is 24.3 Å². The molecule has 176 valence electrons. The van der Waals surface area contributed by atoms with Crippen molar-refractivity contribution in [3.63, 3.8) is 0 Å². The van der Waals surface area contributed by atoms with Crippen molar-refractivity contribution in [3.05, 3.63) is 42.2 Å². The van der Waals surface area contributed by atoms with Crippen LogP contribution < -0.4 is 14.8 Å². The molecule has 3 heterocycles. The van der Waals surface area contributed by atoms with Gasteiger partial charge >= 0.3 is 0 Å². The second-order valence-corrected chi connectivity index (χ2v) is 8.08. The number of likely N-dealkylation sites (tertiary alicyclic amines) is 1. The fraction of sp³-hybridized carbons (Fsp3) is 0.435. The predicted octanol–water partition coefficient (Wildman–Crippen LogP) is 0.961. The van der Waals surface area contributed by atoms with Crippen LogP contribution in [-0.2, 0) is 0 Å². The Balaban J connectivity index is 1.48. The number of hydrogen-bond acceptors (Lipinski definition) is 8. The molecule has 1 aliphatic heterocycles. The lowest BCUT2D eigenvalue weighted by Crippen LogP contribution is -2.47. The third-order valence-electron chi connectivity index (χ3n) is 5.87. The van der Waals surface area contributed by atoms with Gasteiger partial charge in [0.05, 0.1) is 32.6 Å². The molecule has 3 N–H and O–H groups in total. The van der Waals surface area contributed by atoms with Crippen LogP contribution in [0.2, 0.25) is 0 Å². The number of carbonyl (C=O) groups is 1. The van der Waals surface area contributed by atoms with Crippen LogP contribution in [0.25, 0.3) is 16.9 Å². The molecule has 0 saturated carbocycles. The van der Waals surface area contributed by atoms with Crippen LogP contribution in [0.1, 0.15) is 23.3 Å². The topological polar surface area (TPSA) is 121 Å². The van der Waals surface area contributed by atoms with Crippen molar-refractivity contribution in [1.82, 2.24) is 24.8 Å². The van der Waals surface area contributed by atoms with Gasteiger partial charge in [-0.3, -0.25) is 4.79 Å². The second kappa shape index (κ2) is 10.2. The quantitative estimate of drug-likeness (QED) is 0.459. The Morgan fingerprint density at radius 2 is 1.94 bits per heavy atom. The number of aliphatic hydroxyl groups excluding tert-OH is 2. The lowest BCUT2D eigenvalue weighted by Gasteiger charge is -2.33. The third kappa shape index (κ3) is 5.08. The van der Waals surface area contributed by atoms with Gasteiger partial charge in [0.1, 0.15) is 0 Å². The van der Waals surface area contributed by atoms with E-state index < -0.39 is 6.10 Å². The van der Waals surface area contributed by atoms with E-state index in [1.54, 1.807) is 31.0 Å². The van der Waals surface area contributed by atoms with Crippen LogP contribution in [0, 0.1) is 0 Å². The van der Waals surface area contributed by atoms with E-state index in [9.17, 15) is 9.90 Å². The molecule has 1 atom stereocenters. The Bertz CT molecular complexity index is 1110. The van der Waals surface area contributed by atoms with E-state index in [4.69, 9.17) is 14.6 Å². The highest BCUT2D eigenvalue weighted by molar-refractivity contribution is 5.93. The number of hydrogen-bond donors (Lipinski definition) is 3. The number of aromatic nitrogens is 3. The summed E-state index contributed by atoms with van der Waals surface area (Å²) in [5, 5.41) is 26.2. The minimum Gasteiger partial charge on any atom is -0.493 e. The van der Waals surface area contributed by atoms with Gasteiger partial charge in [-0.1, -0.05) is 0 Å². The van der Waals surface area contributed by atoms with Crippen LogP contribution in [0.5, 0.6) is 11.5 Å². The fourth-order valence-electron chi connectivity index (χ4n) is 4.10. The lowest BCUT2D eigenvalue weighted by molar-refractivity contribution is 0.0493. The molecule has 1 unspecified atom stereocenters. The van der Waals surface area contributed by atoms with Crippen LogP contribution in [-0.4, -0.2) is 88.2 Å². The van der Waals surface area contributed by atoms with Crippen molar-refractivity contribution in [1.29, 1.82) is 0 Å². The zero-order valence-electron chi connectivity index (χ0n) is 18.8. The highest BCUT2D eigenvalue weighted by Crippen LogP contribution is 2.32. The number of rotatable bonds is 8. The number of piperidine rings is 1. The van der Waals surface area contributed by atoms with Gasteiger partial charge in [0.25, 0.3) is 5.91 Å². The summed E-state index contributed by atoms with van der Waals surface area (Å²) in [6, 6.07) is 9.12. The van der Waals surface area contributed by atoms with E-state index in [0.717, 1.165) is 37.2 Å². The zero-order valence-corrected chi connectivity index (χ0v) is 18.8. The average Bonchev–Trinajstić information content (AvgIpc) is 3.29. The van der Waals surface area contributed by atoms with Crippen molar-refractivity contribution >= 4 is 11.6 Å². The van der Waals surface area contributed by atoms with Crippen molar-refractivity contribution in [2.24, 2.45) is 0 Å². The number of β-amino-alcohol motifs (C(OH)–C–C–N with tert-alkyl or cyclic N) is 1. The van der Waals surface area contributed by atoms with Crippen molar-refractivity contribution in [2.45, 2.75) is 25.0 Å². The van der Waals surface area contributed by atoms with Crippen LogP contribution in [0.15, 0.2) is 36.5 Å². The summed E-state index contributed by atoms with van der Waals surface area (Å²) in [6.07, 6.45) is 2.49. The number of fused-ring (bicyclic) bond motifs is 1. The molecule has 0 radical (unpaired) electrons. The largest absolute Gasteiger partial charge is 0.493 e. The standard InChI is InChI=1S/C23H29N5O5/c1-32-20-4-3-15(11-21(20)33-2)19-5-8-24-22-12-18(26-28(19)22)23(31)25-16-6-9-27(10-7-16)13-17(30)14-29/h3-5,8,11-12,16-17,29-30H,6-7,9-10,13-14H2,1-2H3,(H,25,31). The number of nitrogens with one attached hydrogen (secondary N) is 1. The van der Waals surface area contributed by atoms with Gasteiger partial charge in [-0.25, -0.2) is 9.50 Å². The molecule has 10 nitrogen and oxygen atoms in total. The molecule has 3 aromatic rings. The number of benzene rings is 1. The number of methoxy groups -OCH3 is 2. The van der Waals surface area contributed by atoms with Crippen molar-refractivity contribution < 1.29 is 24.5 Å². The van der Waals surface area contributed by atoms with E-state index in [0.29, 0.717) is 29.4 Å². The van der Waals surface area contributed by atoms with E-state index in [1.165, 1.54) is 0 Å². The maximum Gasteiger partial charge on any atom is 0.272 e. The summed E-state index contributed by atoms with van der Waals surface area (Å²) in [5.41, 5.74) is 2.50. The third-order valence-corrected chi connectivity index (χ3v) is 5.87. The monoisotopic (exact) mass is 455 g/mol. The molecule has 33 heavy (non-hydrogen) atoms. The molecule has 10 heteroatoms. The number of nitrogens with zero attached hydrogens (tertiary/aromatic N) is 4. The maximum atomic E-state index is 12.9. The number of amides is 1. The first-order valence-corrected chi connectivity index (χ1v) is 10.9. The Kier molecular flexibility index (Phi) is 7.07. The molecule has 1 aliphatic rings. The molecule has 2 aromatic heterocycles. The summed E-state index contributed by atoms with van der Waals surface area (Å²) < 4.78 is 12.4. The normalized spacial score (nSPS) is 16.0. The molecule has 1 aromatic carbocycles. The molecule has 0 aliphatic carbocycles. The van der Waals surface area contributed by atoms with Gasteiger partial charge in [-0.2, -0.15) is 5.10 Å². The molecule has 4 rings (SSSR count). The van der Waals surface area contributed by atoms with Gasteiger partial charge in [-0.15, -0.1) is 0 Å². The minimum absolute atomic E-state index is 0.0307. The summed E-state index contributed by atoms with van der Waals surface area (Å²) in [6.45, 7) is 1.69. The molecular weight excluding hydrogens is 426 g/mol. The molecular formula is C23H29N5O5. The summed E-state index contributed by atoms with van der Waals surface area (Å²) >= 11 is 0. The van der Waals surface area contributed by atoms with Gasteiger partial charge in [0, 0.05) is 43.5 Å². The highest BCUT2D eigenvalue weighted by Gasteiger charge is 2.24. The first-order valence-electron chi connectivity index (χ1n) is 10.9. The zero-order chi connectivity index (χ0) is 23.4. The fourth-order valence-corrected chi connectivity index (χ4v) is 4.10. The smallest absolute Gasteiger partial charge is 0.272 e. The van der Waals surface area contributed by atoms with Crippen LogP contribution in [0.3, 0.4) is 0 Å². The lowest BCUT2D eigenvalue weighted by atomic mass is 10.0. The minimum atomic E-state index is -0.735. The molecule has 0 spiro atoms. The van der Waals surface area contributed by atoms with E-state index in [2.05, 4.69) is 20.3 Å². The number of aliphatic hydroxyl groups is 2. The number of carbonyl (C=O) groups excluding carboxylic acids is 1. The summed E-state index contributed by atoms with van der Waals surface area (Å²) in [7, 11) is 3.17. The van der Waals surface area contributed by atoms with Gasteiger partial charge < -0.3 is 29.9 Å². The van der Waals surface area contributed by atoms with E-state index in [-0.39, 0.29) is 18.6 Å². The van der Waals surface area contributed by atoms with Crippen LogP contribution >= 0.6 is 0 Å². The summed E-state index contributed by atoms with van der Waals surface area (Å²) in [4.78, 5) is 19.3. The van der Waals surface area contributed by atoms with Gasteiger partial charge in [0.2, 0.25) is 0 Å². The van der Waals surface area contributed by atoms with Gasteiger partial charge in [-0.05, 0) is 37.1 Å².